The van der Waals surface area contributed by atoms with Gasteiger partial charge in [-0.05, 0) is 44.3 Å². The molecule has 0 unspecified atom stereocenters. The monoisotopic (exact) mass is 324 g/mol. The largest absolute Gasteiger partial charge is 0.302 e. The molecule has 0 aromatic heterocycles. The molecular weight excluding hydrogens is 296 g/mol. The summed E-state index contributed by atoms with van der Waals surface area (Å²) in [6.45, 7) is 3.69. The van der Waals surface area contributed by atoms with E-state index in [2.05, 4.69) is 4.90 Å². The van der Waals surface area contributed by atoms with Crippen LogP contribution in [-0.2, 0) is 16.4 Å². The van der Waals surface area contributed by atoms with Crippen molar-refractivity contribution in [3.8, 4) is 0 Å². The molecule has 1 fully saturated rings. The molecule has 0 bridgehead atoms. The molecule has 0 aliphatic carbocycles. The normalized spacial score (nSPS) is 17.0. The Morgan fingerprint density at radius 1 is 1.09 bits per heavy atom. The smallest absolute Gasteiger partial charge is 0.213 e. The van der Waals surface area contributed by atoms with Gasteiger partial charge in [-0.1, -0.05) is 36.8 Å². The third kappa shape index (κ3) is 5.71. The van der Waals surface area contributed by atoms with E-state index < -0.39 is 10.0 Å². The van der Waals surface area contributed by atoms with Gasteiger partial charge in [0.1, 0.15) is 0 Å². The summed E-state index contributed by atoms with van der Waals surface area (Å²) >= 11 is 0. The van der Waals surface area contributed by atoms with Gasteiger partial charge in [0.15, 0.2) is 0 Å². The van der Waals surface area contributed by atoms with Crippen molar-refractivity contribution in [3.05, 3.63) is 35.9 Å². The van der Waals surface area contributed by atoms with Gasteiger partial charge in [0.25, 0.3) is 0 Å². The summed E-state index contributed by atoms with van der Waals surface area (Å²) in [7, 11) is -1.41. The molecule has 2 rings (SSSR count). The zero-order valence-electron chi connectivity index (χ0n) is 13.6. The highest BCUT2D eigenvalue weighted by Gasteiger charge is 2.19. The van der Waals surface area contributed by atoms with E-state index in [0.29, 0.717) is 13.0 Å². The number of likely N-dealkylation sites (tertiary alicyclic amines) is 1. The minimum Gasteiger partial charge on any atom is -0.302 e. The van der Waals surface area contributed by atoms with Crippen molar-refractivity contribution in [3.63, 3.8) is 0 Å². The molecule has 1 aliphatic heterocycles. The summed E-state index contributed by atoms with van der Waals surface area (Å²) < 4.78 is 26.1. The Morgan fingerprint density at radius 3 is 2.45 bits per heavy atom. The quantitative estimate of drug-likeness (QED) is 0.737. The van der Waals surface area contributed by atoms with E-state index >= 15 is 0 Å². The highest BCUT2D eigenvalue weighted by atomic mass is 32.2. The predicted octanol–water partition coefficient (Wildman–Crippen LogP) is 2.37. The van der Waals surface area contributed by atoms with Crippen LogP contribution in [0.1, 0.15) is 31.2 Å². The van der Waals surface area contributed by atoms with E-state index in [4.69, 9.17) is 0 Å². The average Bonchev–Trinajstić information content (AvgIpc) is 2.54. The van der Waals surface area contributed by atoms with E-state index in [1.54, 1.807) is 7.05 Å². The summed E-state index contributed by atoms with van der Waals surface area (Å²) in [6.07, 6.45) is 5.30. The van der Waals surface area contributed by atoms with Crippen molar-refractivity contribution in [1.29, 1.82) is 0 Å². The summed E-state index contributed by atoms with van der Waals surface area (Å²) in [5.41, 5.74) is 1.20. The van der Waals surface area contributed by atoms with Crippen molar-refractivity contribution in [2.24, 2.45) is 0 Å². The van der Waals surface area contributed by atoms with Crippen molar-refractivity contribution in [1.82, 2.24) is 9.21 Å². The lowest BCUT2D eigenvalue weighted by molar-refractivity contribution is 0.218. The number of rotatable bonds is 8. The van der Waals surface area contributed by atoms with Crippen molar-refractivity contribution in [2.45, 2.75) is 32.1 Å². The number of benzene rings is 1. The standard InChI is InChI=1S/C17H28N2O2S/c1-18(14-15-19-12-6-3-7-13-19)22(20,21)16-8-11-17-9-4-2-5-10-17/h2,4-5,9-10H,3,6-8,11-16H2,1H3. The van der Waals surface area contributed by atoms with Crippen LogP contribution in [0, 0.1) is 0 Å². The Kier molecular flexibility index (Phi) is 6.86. The van der Waals surface area contributed by atoms with Gasteiger partial charge in [-0.2, -0.15) is 0 Å². The molecule has 0 spiro atoms. The van der Waals surface area contributed by atoms with Gasteiger partial charge in [0, 0.05) is 20.1 Å². The molecular formula is C17H28N2O2S. The summed E-state index contributed by atoms with van der Waals surface area (Å²) in [6, 6.07) is 10.1. The van der Waals surface area contributed by atoms with E-state index in [-0.39, 0.29) is 5.75 Å². The molecule has 5 heteroatoms. The zero-order chi connectivity index (χ0) is 15.8. The maximum atomic E-state index is 12.3. The Morgan fingerprint density at radius 2 is 1.77 bits per heavy atom. The second kappa shape index (κ2) is 8.65. The first kappa shape index (κ1) is 17.4. The number of nitrogens with zero attached hydrogens (tertiary/aromatic N) is 2. The van der Waals surface area contributed by atoms with E-state index in [9.17, 15) is 8.42 Å². The van der Waals surface area contributed by atoms with Crippen LogP contribution < -0.4 is 0 Å². The van der Waals surface area contributed by atoms with Crippen molar-refractivity contribution >= 4 is 10.0 Å². The Balaban J connectivity index is 1.71. The fourth-order valence-corrected chi connectivity index (χ4v) is 4.04. The van der Waals surface area contributed by atoms with Gasteiger partial charge < -0.3 is 4.90 Å². The van der Waals surface area contributed by atoms with Crippen LogP contribution >= 0.6 is 0 Å². The Hall–Kier alpha value is -0.910. The summed E-state index contributed by atoms with van der Waals surface area (Å²) in [5, 5.41) is 0. The fourth-order valence-electron chi connectivity index (χ4n) is 2.86. The molecule has 1 aliphatic rings. The third-order valence-electron chi connectivity index (χ3n) is 4.37. The van der Waals surface area contributed by atoms with Crippen LogP contribution in [0.2, 0.25) is 0 Å². The van der Waals surface area contributed by atoms with Gasteiger partial charge in [0.05, 0.1) is 5.75 Å². The number of sulfonamides is 1. The maximum absolute atomic E-state index is 12.3. The highest BCUT2D eigenvalue weighted by Crippen LogP contribution is 2.10. The number of hydrogen-bond donors (Lipinski definition) is 0. The molecule has 4 nitrogen and oxygen atoms in total. The van der Waals surface area contributed by atoms with Crippen LogP contribution in [0.5, 0.6) is 0 Å². The Labute approximate surface area is 135 Å². The van der Waals surface area contributed by atoms with Gasteiger partial charge >= 0.3 is 0 Å². The highest BCUT2D eigenvalue weighted by molar-refractivity contribution is 7.89. The maximum Gasteiger partial charge on any atom is 0.213 e. The molecule has 1 saturated heterocycles. The second-order valence-corrected chi connectivity index (χ2v) is 8.32. The van der Waals surface area contributed by atoms with Crippen LogP contribution in [0.25, 0.3) is 0 Å². The van der Waals surface area contributed by atoms with Crippen LogP contribution in [0.4, 0.5) is 0 Å². The van der Waals surface area contributed by atoms with E-state index in [0.717, 1.165) is 26.1 Å². The van der Waals surface area contributed by atoms with E-state index in [1.165, 1.54) is 29.1 Å². The molecule has 0 radical (unpaired) electrons. The van der Waals surface area contributed by atoms with Gasteiger partial charge in [-0.3, -0.25) is 0 Å². The summed E-state index contributed by atoms with van der Waals surface area (Å²) in [4.78, 5) is 2.37. The first-order valence-electron chi connectivity index (χ1n) is 8.28. The molecule has 22 heavy (non-hydrogen) atoms. The van der Waals surface area contributed by atoms with Crippen molar-refractivity contribution < 1.29 is 8.42 Å². The molecule has 0 amide bonds. The number of piperidine rings is 1. The average molecular weight is 324 g/mol. The van der Waals surface area contributed by atoms with Crippen LogP contribution in [-0.4, -0.2) is 56.6 Å². The minimum atomic E-state index is -3.12. The molecule has 124 valence electrons. The second-order valence-electron chi connectivity index (χ2n) is 6.13. The number of likely N-dealkylation sites (N-methyl/N-ethyl adjacent to an activating group) is 1. The summed E-state index contributed by atoms with van der Waals surface area (Å²) in [5.74, 6) is 0.235. The topological polar surface area (TPSA) is 40.6 Å². The lowest BCUT2D eigenvalue weighted by Gasteiger charge is -2.28. The number of aryl methyl sites for hydroxylation is 1. The fraction of sp³-hybridized carbons (Fsp3) is 0.647. The zero-order valence-corrected chi connectivity index (χ0v) is 14.4. The minimum absolute atomic E-state index is 0.235. The van der Waals surface area contributed by atoms with E-state index in [1.807, 2.05) is 30.3 Å². The molecule has 1 heterocycles. The number of hydrogen-bond acceptors (Lipinski definition) is 3. The molecule has 0 atom stereocenters. The molecule has 0 saturated carbocycles. The lowest BCUT2D eigenvalue weighted by Crippen LogP contribution is -2.39. The predicted molar refractivity (Wildman–Crippen MR) is 91.5 cm³/mol. The SMILES string of the molecule is CN(CCN1CCCCC1)S(=O)(=O)CCCc1ccccc1. The van der Waals surface area contributed by atoms with Crippen LogP contribution in [0.3, 0.4) is 0 Å². The first-order valence-corrected chi connectivity index (χ1v) is 9.89. The van der Waals surface area contributed by atoms with Crippen molar-refractivity contribution in [2.75, 3.05) is 39.0 Å². The molecule has 1 aromatic rings. The third-order valence-corrected chi connectivity index (χ3v) is 6.30. The lowest BCUT2D eigenvalue weighted by atomic mass is 10.1. The molecule has 1 aromatic carbocycles. The van der Waals surface area contributed by atoms with Crippen LogP contribution in [0.15, 0.2) is 30.3 Å². The van der Waals surface area contributed by atoms with Gasteiger partial charge in [-0.15, -0.1) is 0 Å². The Bertz CT molecular complexity index is 525. The molecule has 0 N–H and O–H groups in total. The van der Waals surface area contributed by atoms with Gasteiger partial charge in [-0.25, -0.2) is 12.7 Å². The first-order chi connectivity index (χ1) is 10.6. The van der Waals surface area contributed by atoms with Gasteiger partial charge in [0.2, 0.25) is 10.0 Å².